The van der Waals surface area contributed by atoms with Gasteiger partial charge in [-0.3, -0.25) is 0 Å². The van der Waals surface area contributed by atoms with Crippen molar-refractivity contribution >= 4 is 5.57 Å². The normalized spacial score (nSPS) is 16.2. The van der Waals surface area contributed by atoms with Gasteiger partial charge in [0, 0.05) is 0 Å². The molecule has 174 valence electrons. The molecule has 1 atom stereocenters. The molecule has 0 amide bonds. The summed E-state index contributed by atoms with van der Waals surface area (Å²) in [5.74, 6) is 2.80. The zero-order valence-electron chi connectivity index (χ0n) is 20.7. The zero-order valence-corrected chi connectivity index (χ0v) is 20.7. The van der Waals surface area contributed by atoms with E-state index in [4.69, 9.17) is 4.74 Å². The highest BCUT2D eigenvalue weighted by Gasteiger charge is 2.17. The Morgan fingerprint density at radius 1 is 0.812 bits per heavy atom. The molecule has 0 aliphatic heterocycles. The molecule has 1 heteroatoms. The van der Waals surface area contributed by atoms with Crippen molar-refractivity contribution in [2.75, 3.05) is 6.61 Å². The van der Waals surface area contributed by atoms with Gasteiger partial charge in [-0.05, 0) is 78.3 Å². The van der Waals surface area contributed by atoms with Crippen LogP contribution in [0.5, 0.6) is 5.75 Å². The van der Waals surface area contributed by atoms with Gasteiger partial charge in [-0.15, -0.1) is 0 Å². The van der Waals surface area contributed by atoms with Gasteiger partial charge >= 0.3 is 0 Å². The van der Waals surface area contributed by atoms with Crippen LogP contribution in [-0.4, -0.2) is 6.61 Å². The molecule has 0 saturated heterocycles. The first-order chi connectivity index (χ1) is 15.7. The Morgan fingerprint density at radius 3 is 2.06 bits per heavy atom. The Balaban J connectivity index is 1.49. The lowest BCUT2D eigenvalue weighted by atomic mass is 9.82. The fraction of sp³-hybridized carbons (Fsp3) is 0.548. The Kier molecular flexibility index (Phi) is 10.4. The maximum Gasteiger partial charge on any atom is 0.119 e. The van der Waals surface area contributed by atoms with E-state index >= 15 is 0 Å². The van der Waals surface area contributed by atoms with E-state index in [1.165, 1.54) is 80.9 Å². The van der Waals surface area contributed by atoms with Gasteiger partial charge in [0.05, 0.1) is 6.61 Å². The summed E-state index contributed by atoms with van der Waals surface area (Å²) in [6.45, 7) is 7.75. The molecule has 0 aromatic heterocycles. The molecule has 3 rings (SSSR count). The van der Waals surface area contributed by atoms with Gasteiger partial charge in [-0.1, -0.05) is 102 Å². The Hall–Kier alpha value is -2.02. The first kappa shape index (κ1) is 24.6. The van der Waals surface area contributed by atoms with E-state index in [9.17, 15) is 0 Å². The summed E-state index contributed by atoms with van der Waals surface area (Å²) in [5.41, 5.74) is 5.48. The minimum Gasteiger partial charge on any atom is -0.494 e. The molecule has 0 heterocycles. The lowest BCUT2D eigenvalue weighted by Crippen LogP contribution is -2.08. The second kappa shape index (κ2) is 13.5. The van der Waals surface area contributed by atoms with Crippen LogP contribution >= 0.6 is 0 Å². The summed E-state index contributed by atoms with van der Waals surface area (Å²) in [6, 6.07) is 17.7. The van der Waals surface area contributed by atoms with Crippen LogP contribution in [0.3, 0.4) is 0 Å². The maximum atomic E-state index is 5.89. The maximum absolute atomic E-state index is 5.89. The molecule has 0 spiro atoms. The van der Waals surface area contributed by atoms with Crippen molar-refractivity contribution in [1.29, 1.82) is 0 Å². The van der Waals surface area contributed by atoms with Gasteiger partial charge in [-0.2, -0.15) is 0 Å². The molecule has 2 aromatic rings. The van der Waals surface area contributed by atoms with Crippen LogP contribution in [0.25, 0.3) is 16.7 Å². The fourth-order valence-corrected chi connectivity index (χ4v) is 4.92. The van der Waals surface area contributed by atoms with Crippen molar-refractivity contribution in [3.8, 4) is 16.9 Å². The third-order valence-electron chi connectivity index (χ3n) is 7.37. The van der Waals surface area contributed by atoms with Crippen LogP contribution in [0.4, 0.5) is 0 Å². The second-order valence-electron chi connectivity index (χ2n) is 9.64. The average molecular weight is 433 g/mol. The minimum absolute atomic E-state index is 0.821. The summed E-state index contributed by atoms with van der Waals surface area (Å²) < 4.78 is 5.89. The van der Waals surface area contributed by atoms with Crippen LogP contribution in [0.15, 0.2) is 54.6 Å². The van der Waals surface area contributed by atoms with Crippen LogP contribution in [-0.2, 0) is 0 Å². The molecular formula is C31H44O. The van der Waals surface area contributed by atoms with Crippen molar-refractivity contribution in [2.24, 2.45) is 11.8 Å². The summed E-state index contributed by atoms with van der Waals surface area (Å²) in [4.78, 5) is 0. The molecule has 0 radical (unpaired) electrons. The molecule has 1 aliphatic carbocycles. The highest BCUT2D eigenvalue weighted by atomic mass is 16.5. The summed E-state index contributed by atoms with van der Waals surface area (Å²) in [5, 5.41) is 0. The monoisotopic (exact) mass is 432 g/mol. The summed E-state index contributed by atoms with van der Waals surface area (Å²) >= 11 is 0. The second-order valence-corrected chi connectivity index (χ2v) is 9.64. The molecule has 2 aromatic carbocycles. The smallest absolute Gasteiger partial charge is 0.119 e. The molecule has 0 saturated carbocycles. The SMILES string of the molecule is CCCCCCOc1ccc(-c2ccc(C3=CCC(CCC(CC)CC)CC3)cc2)cc1. The third kappa shape index (κ3) is 7.54. The lowest BCUT2D eigenvalue weighted by Gasteiger charge is -2.24. The van der Waals surface area contributed by atoms with E-state index in [0.29, 0.717) is 0 Å². The lowest BCUT2D eigenvalue weighted by molar-refractivity contribution is 0.305. The number of benzene rings is 2. The largest absolute Gasteiger partial charge is 0.494 e. The third-order valence-corrected chi connectivity index (χ3v) is 7.37. The number of unbranched alkanes of at least 4 members (excludes halogenated alkanes) is 3. The van der Waals surface area contributed by atoms with E-state index in [2.05, 4.69) is 75.4 Å². The topological polar surface area (TPSA) is 9.23 Å². The number of allylic oxidation sites excluding steroid dienone is 2. The molecule has 0 bridgehead atoms. The van der Waals surface area contributed by atoms with Crippen LogP contribution < -0.4 is 4.74 Å². The zero-order chi connectivity index (χ0) is 22.6. The van der Waals surface area contributed by atoms with E-state index in [1.807, 2.05) is 0 Å². The standard InChI is InChI=1S/C31H44O/c1-4-7-8-9-24-32-31-22-20-30(21-23-31)29-18-16-28(17-19-29)27-14-12-26(13-15-27)11-10-25(5-2)6-3/h14,16-23,25-26H,4-13,15,24H2,1-3H3. The van der Waals surface area contributed by atoms with Gasteiger partial charge in [0.15, 0.2) is 0 Å². The number of rotatable bonds is 13. The van der Waals surface area contributed by atoms with Crippen molar-refractivity contribution in [3.05, 3.63) is 60.2 Å². The summed E-state index contributed by atoms with van der Waals surface area (Å²) in [7, 11) is 0. The quantitative estimate of drug-likeness (QED) is 0.286. The van der Waals surface area contributed by atoms with E-state index in [-0.39, 0.29) is 0 Å². The molecule has 0 N–H and O–H groups in total. The Labute approximate surface area is 197 Å². The van der Waals surface area contributed by atoms with Crippen LogP contribution in [0.1, 0.15) is 97.0 Å². The highest BCUT2D eigenvalue weighted by Crippen LogP contribution is 2.34. The minimum atomic E-state index is 0.821. The van der Waals surface area contributed by atoms with Crippen molar-refractivity contribution in [1.82, 2.24) is 0 Å². The first-order valence-corrected chi connectivity index (χ1v) is 13.3. The van der Waals surface area contributed by atoms with Gasteiger partial charge in [0.25, 0.3) is 0 Å². The predicted octanol–water partition coefficient (Wildman–Crippen LogP) is 9.71. The Morgan fingerprint density at radius 2 is 1.47 bits per heavy atom. The van der Waals surface area contributed by atoms with Gasteiger partial charge < -0.3 is 4.74 Å². The predicted molar refractivity (Wildman–Crippen MR) is 140 cm³/mol. The number of hydrogen-bond donors (Lipinski definition) is 0. The number of hydrogen-bond acceptors (Lipinski definition) is 1. The number of ether oxygens (including phenoxy) is 1. The van der Waals surface area contributed by atoms with Crippen molar-refractivity contribution < 1.29 is 4.74 Å². The molecule has 1 unspecified atom stereocenters. The van der Waals surface area contributed by atoms with Crippen LogP contribution in [0, 0.1) is 11.8 Å². The first-order valence-electron chi connectivity index (χ1n) is 13.3. The molecular weight excluding hydrogens is 388 g/mol. The van der Waals surface area contributed by atoms with Gasteiger partial charge in [-0.25, -0.2) is 0 Å². The Bertz CT molecular complexity index is 795. The average Bonchev–Trinajstić information content (AvgIpc) is 2.85. The highest BCUT2D eigenvalue weighted by molar-refractivity contribution is 5.71. The molecule has 1 nitrogen and oxygen atoms in total. The van der Waals surface area contributed by atoms with E-state index < -0.39 is 0 Å². The molecule has 0 fully saturated rings. The fourth-order valence-electron chi connectivity index (χ4n) is 4.92. The van der Waals surface area contributed by atoms with Crippen molar-refractivity contribution in [3.63, 3.8) is 0 Å². The van der Waals surface area contributed by atoms with Crippen molar-refractivity contribution in [2.45, 2.75) is 91.4 Å². The van der Waals surface area contributed by atoms with E-state index in [1.54, 1.807) is 5.57 Å². The van der Waals surface area contributed by atoms with E-state index in [0.717, 1.165) is 30.6 Å². The summed E-state index contributed by atoms with van der Waals surface area (Å²) in [6.07, 6.45) is 16.8. The van der Waals surface area contributed by atoms with Gasteiger partial charge in [0.2, 0.25) is 0 Å². The molecule has 32 heavy (non-hydrogen) atoms. The molecule has 1 aliphatic rings. The van der Waals surface area contributed by atoms with Gasteiger partial charge in [0.1, 0.15) is 5.75 Å². The van der Waals surface area contributed by atoms with Crippen LogP contribution in [0.2, 0.25) is 0 Å².